The summed E-state index contributed by atoms with van der Waals surface area (Å²) in [6.45, 7) is 4.64. The van der Waals surface area contributed by atoms with E-state index in [9.17, 15) is 0 Å². The van der Waals surface area contributed by atoms with Crippen molar-refractivity contribution >= 4 is 18.4 Å². The third kappa shape index (κ3) is 2.95. The lowest BCUT2D eigenvalue weighted by Crippen LogP contribution is -2.31. The van der Waals surface area contributed by atoms with Gasteiger partial charge in [-0.2, -0.15) is 0 Å². The van der Waals surface area contributed by atoms with Gasteiger partial charge in [-0.25, -0.2) is 0 Å². The Morgan fingerprint density at radius 3 is 2.92 bits per heavy atom. The van der Waals surface area contributed by atoms with E-state index >= 15 is 0 Å². The Morgan fingerprint density at radius 2 is 2.19 bits per heavy atom. The minimum atomic E-state index is -0.397. The molecule has 0 spiro atoms. The molecule has 0 saturated carbocycles. The first-order valence-corrected chi connectivity index (χ1v) is 8.69. The smallest absolute Gasteiger partial charge is 0.199 e. The van der Waals surface area contributed by atoms with E-state index in [4.69, 9.17) is 21.9 Å². The van der Waals surface area contributed by atoms with Crippen LogP contribution in [-0.4, -0.2) is 24.8 Å². The molecule has 26 heavy (non-hydrogen) atoms. The summed E-state index contributed by atoms with van der Waals surface area (Å²) in [4.78, 5) is 9.79. The molecule has 0 aromatic carbocycles. The molecule has 0 bridgehead atoms. The second-order valence-corrected chi connectivity index (χ2v) is 6.25. The highest BCUT2D eigenvalue weighted by atomic mass is 32.1. The lowest BCUT2D eigenvalue weighted by Gasteiger charge is -2.21. The van der Waals surface area contributed by atoms with Gasteiger partial charge < -0.3 is 13.8 Å². The van der Waals surface area contributed by atoms with Gasteiger partial charge in [0.1, 0.15) is 0 Å². The summed E-state index contributed by atoms with van der Waals surface area (Å²) < 4.78 is 7.41. The van der Waals surface area contributed by atoms with E-state index in [0.29, 0.717) is 29.7 Å². The van der Waals surface area contributed by atoms with Crippen LogP contribution in [0.3, 0.4) is 0 Å². The number of aryl methyl sites for hydroxylation is 1. The average Bonchev–Trinajstić information content (AvgIpc) is 3.40. The van der Waals surface area contributed by atoms with Crippen LogP contribution in [0.1, 0.15) is 29.4 Å². The standard InChI is InChI=1S/C17H18N6O2S/c1-3-22-15(13-5-4-8-24-13)19-20-16(22)17(26)23-10-14(25-21-23)12-6-7-18-11(2)9-12/h4-10,17,21,26H,3H2,1-2H3. The molecule has 1 N–H and O–H groups in total. The maximum atomic E-state index is 5.59. The molecule has 8 nitrogen and oxygen atoms in total. The van der Waals surface area contributed by atoms with Crippen LogP contribution in [0, 0.1) is 6.92 Å². The van der Waals surface area contributed by atoms with Gasteiger partial charge in [-0.3, -0.25) is 9.99 Å². The zero-order valence-electron chi connectivity index (χ0n) is 14.3. The Labute approximate surface area is 155 Å². The number of aromatic nitrogens is 4. The number of hydrogen-bond donors (Lipinski definition) is 2. The Kier molecular flexibility index (Phi) is 4.39. The Morgan fingerprint density at radius 1 is 1.31 bits per heavy atom. The maximum absolute atomic E-state index is 5.59. The molecular formula is C17H18N6O2S. The summed E-state index contributed by atoms with van der Waals surface area (Å²) in [5, 5.41) is 9.89. The number of nitrogens with one attached hydrogen (secondary N) is 1. The summed E-state index contributed by atoms with van der Waals surface area (Å²) in [6, 6.07) is 7.52. The highest BCUT2D eigenvalue weighted by molar-refractivity contribution is 7.80. The molecule has 3 aromatic rings. The molecular weight excluding hydrogens is 352 g/mol. The third-order valence-corrected chi connectivity index (χ3v) is 4.51. The van der Waals surface area contributed by atoms with Gasteiger partial charge in [0.15, 0.2) is 28.5 Å². The zero-order chi connectivity index (χ0) is 18.1. The molecule has 3 aromatic heterocycles. The lowest BCUT2D eigenvalue weighted by atomic mass is 10.2. The van der Waals surface area contributed by atoms with Crippen molar-refractivity contribution in [2.45, 2.75) is 25.8 Å². The number of rotatable bonds is 5. The number of hydrogen-bond acceptors (Lipinski definition) is 8. The van der Waals surface area contributed by atoms with Gasteiger partial charge in [0.25, 0.3) is 0 Å². The van der Waals surface area contributed by atoms with Crippen molar-refractivity contribution in [1.29, 1.82) is 0 Å². The first kappa shape index (κ1) is 16.7. The molecule has 9 heteroatoms. The van der Waals surface area contributed by atoms with Crippen molar-refractivity contribution in [3.05, 3.63) is 60.0 Å². The highest BCUT2D eigenvalue weighted by Crippen LogP contribution is 2.30. The Balaban J connectivity index is 1.62. The van der Waals surface area contributed by atoms with Crippen LogP contribution in [-0.2, 0) is 11.4 Å². The number of pyridine rings is 1. The second-order valence-electron chi connectivity index (χ2n) is 5.76. The highest BCUT2D eigenvalue weighted by Gasteiger charge is 2.27. The van der Waals surface area contributed by atoms with E-state index in [1.165, 1.54) is 0 Å². The minimum absolute atomic E-state index is 0.397. The molecule has 134 valence electrons. The van der Waals surface area contributed by atoms with Crippen molar-refractivity contribution in [1.82, 2.24) is 30.3 Å². The topological polar surface area (TPSA) is 81.2 Å². The first-order valence-electron chi connectivity index (χ1n) is 8.18. The quantitative estimate of drug-likeness (QED) is 0.668. The summed E-state index contributed by atoms with van der Waals surface area (Å²) in [5.41, 5.74) is 4.71. The van der Waals surface area contributed by atoms with Gasteiger partial charge in [-0.15, -0.1) is 22.8 Å². The van der Waals surface area contributed by atoms with Crippen LogP contribution in [0.25, 0.3) is 17.3 Å². The maximum Gasteiger partial charge on any atom is 0.199 e. The van der Waals surface area contributed by atoms with Crippen LogP contribution in [0.4, 0.5) is 0 Å². The van der Waals surface area contributed by atoms with Crippen LogP contribution in [0.2, 0.25) is 0 Å². The summed E-state index contributed by atoms with van der Waals surface area (Å²) in [7, 11) is 0. The SMILES string of the molecule is CCn1c(-c2ccco2)nnc1C(S)N1C=C(c2ccnc(C)c2)ON1. The normalized spacial score (nSPS) is 15.0. The van der Waals surface area contributed by atoms with E-state index < -0.39 is 5.37 Å². The fourth-order valence-electron chi connectivity index (χ4n) is 2.76. The van der Waals surface area contributed by atoms with Crippen molar-refractivity contribution in [2.75, 3.05) is 0 Å². The van der Waals surface area contributed by atoms with Crippen LogP contribution in [0.15, 0.2) is 47.3 Å². The van der Waals surface area contributed by atoms with Gasteiger partial charge >= 0.3 is 0 Å². The molecule has 0 aliphatic carbocycles. The van der Waals surface area contributed by atoms with E-state index in [2.05, 4.69) is 20.8 Å². The van der Waals surface area contributed by atoms with Crippen LogP contribution >= 0.6 is 12.6 Å². The Bertz CT molecular complexity index is 937. The van der Waals surface area contributed by atoms with Crippen molar-refractivity contribution in [3.63, 3.8) is 0 Å². The number of furan rings is 1. The second kappa shape index (κ2) is 6.85. The van der Waals surface area contributed by atoms with Crippen molar-refractivity contribution in [2.24, 2.45) is 0 Å². The molecule has 0 saturated heterocycles. The summed E-state index contributed by atoms with van der Waals surface area (Å²) >= 11 is 4.69. The van der Waals surface area contributed by atoms with E-state index in [1.807, 2.05) is 48.9 Å². The molecule has 4 heterocycles. The van der Waals surface area contributed by atoms with Gasteiger partial charge in [0.05, 0.1) is 12.5 Å². The minimum Gasteiger partial charge on any atom is -0.461 e. The van der Waals surface area contributed by atoms with Crippen LogP contribution in [0.5, 0.6) is 0 Å². The van der Waals surface area contributed by atoms with Gasteiger partial charge in [-0.05, 0) is 38.1 Å². The third-order valence-electron chi connectivity index (χ3n) is 4.03. The molecule has 1 aliphatic rings. The van der Waals surface area contributed by atoms with Crippen molar-refractivity contribution < 1.29 is 9.25 Å². The van der Waals surface area contributed by atoms with Crippen LogP contribution < -0.4 is 5.59 Å². The van der Waals surface area contributed by atoms with Gasteiger partial charge in [-0.1, -0.05) is 5.59 Å². The number of thiol groups is 1. The number of nitrogens with zero attached hydrogens (tertiary/aromatic N) is 5. The van der Waals surface area contributed by atoms with E-state index in [1.54, 1.807) is 17.5 Å². The largest absolute Gasteiger partial charge is 0.461 e. The number of hydrazine groups is 1. The molecule has 1 aliphatic heterocycles. The molecule has 0 radical (unpaired) electrons. The predicted octanol–water partition coefficient (Wildman–Crippen LogP) is 2.94. The van der Waals surface area contributed by atoms with E-state index in [0.717, 1.165) is 11.3 Å². The molecule has 1 atom stereocenters. The molecule has 0 fully saturated rings. The lowest BCUT2D eigenvalue weighted by molar-refractivity contribution is 0.0382. The molecule has 4 rings (SSSR count). The summed E-state index contributed by atoms with van der Waals surface area (Å²) in [6.07, 6.45) is 5.20. The monoisotopic (exact) mass is 370 g/mol. The average molecular weight is 370 g/mol. The van der Waals surface area contributed by atoms with Gasteiger partial charge in [0.2, 0.25) is 0 Å². The molecule has 1 unspecified atom stereocenters. The fourth-order valence-corrected chi connectivity index (χ4v) is 3.07. The Hall–Kier alpha value is -2.78. The summed E-state index contributed by atoms with van der Waals surface area (Å²) in [5.74, 6) is 2.70. The zero-order valence-corrected chi connectivity index (χ0v) is 15.2. The first-order chi connectivity index (χ1) is 12.7. The fraction of sp³-hybridized carbons (Fsp3) is 0.235. The predicted molar refractivity (Wildman–Crippen MR) is 98.1 cm³/mol. The van der Waals surface area contributed by atoms with Crippen molar-refractivity contribution in [3.8, 4) is 11.6 Å². The molecule has 0 amide bonds. The van der Waals surface area contributed by atoms with E-state index in [-0.39, 0.29) is 0 Å². The van der Waals surface area contributed by atoms with Gasteiger partial charge in [0, 0.05) is 24.0 Å².